The van der Waals surface area contributed by atoms with Crippen LogP contribution >= 0.6 is 15.9 Å². The first-order valence-electron chi connectivity index (χ1n) is 5.77. The normalized spacial score (nSPS) is 14.3. The van der Waals surface area contributed by atoms with Crippen molar-refractivity contribution in [2.75, 3.05) is 6.54 Å². The van der Waals surface area contributed by atoms with Gasteiger partial charge in [-0.2, -0.15) is 0 Å². The molecule has 19 heavy (non-hydrogen) atoms. The highest BCUT2D eigenvalue weighted by molar-refractivity contribution is 9.10. The molecule has 0 unspecified atom stereocenters. The highest BCUT2D eigenvalue weighted by Gasteiger charge is 2.24. The van der Waals surface area contributed by atoms with Crippen molar-refractivity contribution in [2.45, 2.75) is 13.1 Å². The van der Waals surface area contributed by atoms with Crippen molar-refractivity contribution < 1.29 is 9.18 Å². The number of amides is 1. The second kappa shape index (κ2) is 4.73. The molecule has 2 heterocycles. The van der Waals surface area contributed by atoms with Crippen LogP contribution in [0.3, 0.4) is 0 Å². The van der Waals surface area contributed by atoms with Crippen LogP contribution in [0, 0.1) is 5.82 Å². The van der Waals surface area contributed by atoms with Crippen LogP contribution in [0.15, 0.2) is 29.0 Å². The van der Waals surface area contributed by atoms with Gasteiger partial charge in [0.15, 0.2) is 5.82 Å². The summed E-state index contributed by atoms with van der Waals surface area (Å²) >= 11 is 3.12. The van der Waals surface area contributed by atoms with Gasteiger partial charge in [0.25, 0.3) is 5.91 Å². The van der Waals surface area contributed by atoms with E-state index in [0.29, 0.717) is 25.2 Å². The number of rotatable bonds is 1. The Morgan fingerprint density at radius 3 is 3.05 bits per heavy atom. The zero-order chi connectivity index (χ0) is 13.4. The summed E-state index contributed by atoms with van der Waals surface area (Å²) in [5.41, 5.74) is 0.327. The van der Waals surface area contributed by atoms with E-state index < -0.39 is 5.82 Å². The van der Waals surface area contributed by atoms with E-state index in [1.165, 1.54) is 12.1 Å². The maximum Gasteiger partial charge on any atom is 0.255 e. The number of hydrogen-bond donors (Lipinski definition) is 0. The third kappa shape index (κ3) is 2.14. The fourth-order valence-corrected chi connectivity index (χ4v) is 2.51. The molecule has 0 saturated heterocycles. The van der Waals surface area contributed by atoms with Crippen molar-refractivity contribution in [3.05, 3.63) is 46.2 Å². The first-order valence-corrected chi connectivity index (χ1v) is 6.56. The van der Waals surface area contributed by atoms with Crippen LogP contribution in [-0.4, -0.2) is 32.1 Å². The van der Waals surface area contributed by atoms with Gasteiger partial charge >= 0.3 is 0 Å². The zero-order valence-corrected chi connectivity index (χ0v) is 11.5. The molecule has 1 aliphatic rings. The summed E-state index contributed by atoms with van der Waals surface area (Å²) in [6.45, 7) is 1.61. The Labute approximate surface area is 117 Å². The van der Waals surface area contributed by atoms with Gasteiger partial charge in [0.2, 0.25) is 0 Å². The molecule has 1 aromatic carbocycles. The zero-order valence-electron chi connectivity index (χ0n) is 9.88. The molecule has 0 bridgehead atoms. The van der Waals surface area contributed by atoms with Crippen LogP contribution < -0.4 is 0 Å². The van der Waals surface area contributed by atoms with E-state index in [-0.39, 0.29) is 10.4 Å². The van der Waals surface area contributed by atoms with E-state index >= 15 is 0 Å². The molecule has 0 radical (unpaired) electrons. The monoisotopic (exact) mass is 324 g/mol. The molecule has 1 aromatic heterocycles. The molecule has 7 heteroatoms. The van der Waals surface area contributed by atoms with Gasteiger partial charge in [0, 0.05) is 13.1 Å². The fourth-order valence-electron chi connectivity index (χ4n) is 2.08. The highest BCUT2D eigenvalue weighted by Crippen LogP contribution is 2.23. The minimum absolute atomic E-state index is 0.201. The maximum absolute atomic E-state index is 13.5. The lowest BCUT2D eigenvalue weighted by Crippen LogP contribution is -2.38. The summed E-state index contributed by atoms with van der Waals surface area (Å²) in [5.74, 6) is 0.0961. The molecule has 0 fully saturated rings. The van der Waals surface area contributed by atoms with Crippen molar-refractivity contribution in [3.63, 3.8) is 0 Å². The molecule has 0 aliphatic carbocycles. The summed E-state index contributed by atoms with van der Waals surface area (Å²) in [6, 6.07) is 4.45. The molecule has 2 aromatic rings. The van der Waals surface area contributed by atoms with Crippen LogP contribution in [0.25, 0.3) is 0 Å². The standard InChI is InChI=1S/C12H10BrFN4O/c13-11-8(2-1-3-9(11)14)12(19)17-4-5-18-7-15-16-10(18)6-17/h1-3,7H,4-6H2. The lowest BCUT2D eigenvalue weighted by Gasteiger charge is -2.27. The van der Waals surface area contributed by atoms with Crippen LogP contribution in [0.1, 0.15) is 16.2 Å². The molecule has 5 nitrogen and oxygen atoms in total. The SMILES string of the molecule is O=C(c1cccc(F)c1Br)N1CCn2cnnc2C1. The van der Waals surface area contributed by atoms with Gasteiger partial charge in [0.05, 0.1) is 16.6 Å². The average Bonchev–Trinajstić information content (AvgIpc) is 2.88. The van der Waals surface area contributed by atoms with Gasteiger partial charge in [-0.3, -0.25) is 4.79 Å². The maximum atomic E-state index is 13.5. The van der Waals surface area contributed by atoms with Gasteiger partial charge < -0.3 is 9.47 Å². The van der Waals surface area contributed by atoms with Crippen molar-refractivity contribution in [2.24, 2.45) is 0 Å². The predicted molar refractivity (Wildman–Crippen MR) is 68.9 cm³/mol. The number of halogens is 2. The van der Waals surface area contributed by atoms with Crippen molar-refractivity contribution in [1.29, 1.82) is 0 Å². The average molecular weight is 325 g/mol. The number of benzene rings is 1. The molecular weight excluding hydrogens is 315 g/mol. The highest BCUT2D eigenvalue weighted by atomic mass is 79.9. The third-order valence-corrected chi connectivity index (χ3v) is 3.91. The Morgan fingerprint density at radius 2 is 2.21 bits per heavy atom. The smallest absolute Gasteiger partial charge is 0.255 e. The van der Waals surface area contributed by atoms with E-state index in [1.807, 2.05) is 4.57 Å². The Balaban J connectivity index is 1.88. The Hall–Kier alpha value is -1.76. The molecule has 0 saturated carbocycles. The molecule has 0 atom stereocenters. The molecule has 1 aliphatic heterocycles. The van der Waals surface area contributed by atoms with Gasteiger partial charge in [-0.15, -0.1) is 10.2 Å². The van der Waals surface area contributed by atoms with Gasteiger partial charge in [0.1, 0.15) is 12.1 Å². The van der Waals surface area contributed by atoms with Gasteiger partial charge in [-0.05, 0) is 28.1 Å². The Kier molecular flexibility index (Phi) is 3.06. The van der Waals surface area contributed by atoms with Gasteiger partial charge in [-0.25, -0.2) is 4.39 Å². The molecule has 98 valence electrons. The van der Waals surface area contributed by atoms with Crippen LogP contribution in [0.5, 0.6) is 0 Å². The number of fused-ring (bicyclic) bond motifs is 1. The van der Waals surface area contributed by atoms with E-state index in [9.17, 15) is 9.18 Å². The van der Waals surface area contributed by atoms with Gasteiger partial charge in [-0.1, -0.05) is 6.07 Å². The van der Waals surface area contributed by atoms with Crippen molar-refractivity contribution >= 4 is 21.8 Å². The number of aromatic nitrogens is 3. The van der Waals surface area contributed by atoms with E-state index in [4.69, 9.17) is 0 Å². The quantitative estimate of drug-likeness (QED) is 0.804. The van der Waals surface area contributed by atoms with Crippen LogP contribution in [0.4, 0.5) is 4.39 Å². The Bertz CT molecular complexity index is 642. The van der Waals surface area contributed by atoms with Crippen molar-refractivity contribution in [1.82, 2.24) is 19.7 Å². The number of carbonyl (C=O) groups excluding carboxylic acids is 1. The number of carbonyl (C=O) groups is 1. The van der Waals surface area contributed by atoms with Crippen molar-refractivity contribution in [3.8, 4) is 0 Å². The summed E-state index contributed by atoms with van der Waals surface area (Å²) in [4.78, 5) is 14.0. The lowest BCUT2D eigenvalue weighted by atomic mass is 10.2. The summed E-state index contributed by atoms with van der Waals surface area (Å²) in [5, 5.41) is 7.76. The fraction of sp³-hybridized carbons (Fsp3) is 0.250. The minimum atomic E-state index is -0.439. The molecule has 3 rings (SSSR count). The lowest BCUT2D eigenvalue weighted by molar-refractivity contribution is 0.0706. The second-order valence-electron chi connectivity index (χ2n) is 4.27. The second-order valence-corrected chi connectivity index (χ2v) is 5.06. The van der Waals surface area contributed by atoms with E-state index in [1.54, 1.807) is 17.3 Å². The van der Waals surface area contributed by atoms with E-state index in [2.05, 4.69) is 26.1 Å². The number of hydrogen-bond acceptors (Lipinski definition) is 3. The predicted octanol–water partition coefficient (Wildman–Crippen LogP) is 1.84. The molecular formula is C12H10BrFN4O. The van der Waals surface area contributed by atoms with E-state index in [0.717, 1.165) is 5.82 Å². The largest absolute Gasteiger partial charge is 0.329 e. The molecule has 0 N–H and O–H groups in total. The summed E-state index contributed by atoms with van der Waals surface area (Å²) < 4.78 is 15.6. The Morgan fingerprint density at radius 1 is 1.37 bits per heavy atom. The molecule has 0 spiro atoms. The third-order valence-electron chi connectivity index (χ3n) is 3.11. The molecule has 1 amide bonds. The topological polar surface area (TPSA) is 51.0 Å². The minimum Gasteiger partial charge on any atom is -0.329 e. The summed E-state index contributed by atoms with van der Waals surface area (Å²) in [6.07, 6.45) is 1.65. The first-order chi connectivity index (χ1) is 9.16. The first kappa shape index (κ1) is 12.3. The van der Waals surface area contributed by atoms with Crippen LogP contribution in [0.2, 0.25) is 0 Å². The number of nitrogens with zero attached hydrogens (tertiary/aromatic N) is 4. The summed E-state index contributed by atoms with van der Waals surface area (Å²) in [7, 11) is 0. The van der Waals surface area contributed by atoms with Crippen LogP contribution in [-0.2, 0) is 13.1 Å².